The highest BCUT2D eigenvalue weighted by Crippen LogP contribution is 2.21. The van der Waals surface area contributed by atoms with Crippen LogP contribution in [-0.4, -0.2) is 18.6 Å². The molecule has 1 rings (SSSR count). The molecule has 0 aliphatic rings. The highest BCUT2D eigenvalue weighted by Gasteiger charge is 2.07. The molecule has 96 valence electrons. The standard InChI is InChI=1S/C13H20Br2N2/c1-13(2,3)17-7-6-16-9-10-4-5-11(14)8-12(10)15/h4-5,8,16-17H,6-7,9H2,1-3H3. The summed E-state index contributed by atoms with van der Waals surface area (Å²) in [6.07, 6.45) is 0. The molecule has 0 heterocycles. The van der Waals surface area contributed by atoms with E-state index in [0.717, 1.165) is 28.6 Å². The van der Waals surface area contributed by atoms with E-state index < -0.39 is 0 Å². The number of hydrogen-bond acceptors (Lipinski definition) is 2. The molecule has 1 aromatic rings. The van der Waals surface area contributed by atoms with Crippen LogP contribution in [0.3, 0.4) is 0 Å². The van der Waals surface area contributed by atoms with Crippen LogP contribution in [0.2, 0.25) is 0 Å². The summed E-state index contributed by atoms with van der Waals surface area (Å²) >= 11 is 7.01. The lowest BCUT2D eigenvalue weighted by Crippen LogP contribution is -2.40. The first kappa shape index (κ1) is 15.2. The third-order valence-corrected chi connectivity index (χ3v) is 3.52. The molecule has 0 aliphatic carbocycles. The fraction of sp³-hybridized carbons (Fsp3) is 0.538. The van der Waals surface area contributed by atoms with Gasteiger partial charge in [0.05, 0.1) is 0 Å². The van der Waals surface area contributed by atoms with Crippen LogP contribution in [0.5, 0.6) is 0 Å². The highest BCUT2D eigenvalue weighted by molar-refractivity contribution is 9.11. The van der Waals surface area contributed by atoms with Crippen molar-refractivity contribution < 1.29 is 0 Å². The predicted octanol–water partition coefficient (Wildman–Crippen LogP) is 3.69. The first-order chi connectivity index (χ1) is 7.88. The van der Waals surface area contributed by atoms with Gasteiger partial charge in [0.25, 0.3) is 0 Å². The summed E-state index contributed by atoms with van der Waals surface area (Å²) in [5.41, 5.74) is 1.48. The number of rotatable bonds is 5. The molecule has 0 bridgehead atoms. The Hall–Kier alpha value is 0.1000. The minimum atomic E-state index is 0.194. The second-order valence-electron chi connectivity index (χ2n) is 5.09. The van der Waals surface area contributed by atoms with Crippen LogP contribution in [0.15, 0.2) is 27.1 Å². The Morgan fingerprint density at radius 2 is 1.82 bits per heavy atom. The lowest BCUT2D eigenvalue weighted by molar-refractivity contribution is 0.421. The van der Waals surface area contributed by atoms with E-state index >= 15 is 0 Å². The molecule has 0 fully saturated rings. The van der Waals surface area contributed by atoms with E-state index in [1.54, 1.807) is 0 Å². The monoisotopic (exact) mass is 362 g/mol. The molecule has 0 unspecified atom stereocenters. The van der Waals surface area contributed by atoms with Crippen molar-refractivity contribution in [2.75, 3.05) is 13.1 Å². The molecule has 2 N–H and O–H groups in total. The largest absolute Gasteiger partial charge is 0.311 e. The van der Waals surface area contributed by atoms with Crippen molar-refractivity contribution in [3.05, 3.63) is 32.7 Å². The topological polar surface area (TPSA) is 24.1 Å². The summed E-state index contributed by atoms with van der Waals surface area (Å²) in [5.74, 6) is 0. The van der Waals surface area contributed by atoms with Crippen LogP contribution in [0.25, 0.3) is 0 Å². The van der Waals surface area contributed by atoms with Crippen LogP contribution in [0.1, 0.15) is 26.3 Å². The van der Waals surface area contributed by atoms with Crippen molar-refractivity contribution in [2.45, 2.75) is 32.9 Å². The Balaban J connectivity index is 2.27. The maximum atomic E-state index is 3.56. The molecule has 0 radical (unpaired) electrons. The Morgan fingerprint density at radius 1 is 1.12 bits per heavy atom. The molecule has 0 amide bonds. The van der Waals surface area contributed by atoms with Gasteiger partial charge >= 0.3 is 0 Å². The number of hydrogen-bond donors (Lipinski definition) is 2. The Kier molecular flexibility index (Phi) is 6.13. The smallest absolute Gasteiger partial charge is 0.0231 e. The van der Waals surface area contributed by atoms with Gasteiger partial charge in [-0.05, 0) is 38.5 Å². The van der Waals surface area contributed by atoms with Gasteiger partial charge in [0.1, 0.15) is 0 Å². The summed E-state index contributed by atoms with van der Waals surface area (Å²) < 4.78 is 2.24. The third-order valence-electron chi connectivity index (χ3n) is 2.29. The van der Waals surface area contributed by atoms with E-state index in [2.05, 4.69) is 81.5 Å². The van der Waals surface area contributed by atoms with Gasteiger partial charge in [-0.15, -0.1) is 0 Å². The Morgan fingerprint density at radius 3 is 2.41 bits per heavy atom. The van der Waals surface area contributed by atoms with Crippen LogP contribution < -0.4 is 10.6 Å². The van der Waals surface area contributed by atoms with E-state index in [9.17, 15) is 0 Å². The number of halogens is 2. The quantitative estimate of drug-likeness (QED) is 0.779. The molecule has 1 aromatic carbocycles. The van der Waals surface area contributed by atoms with Crippen LogP contribution in [0.4, 0.5) is 0 Å². The van der Waals surface area contributed by atoms with Crippen molar-refractivity contribution in [2.24, 2.45) is 0 Å². The second kappa shape index (κ2) is 6.88. The van der Waals surface area contributed by atoms with Crippen molar-refractivity contribution >= 4 is 31.9 Å². The SMILES string of the molecule is CC(C)(C)NCCNCc1ccc(Br)cc1Br. The molecular formula is C13H20Br2N2. The zero-order valence-corrected chi connectivity index (χ0v) is 13.8. The van der Waals surface area contributed by atoms with Gasteiger partial charge < -0.3 is 10.6 Å². The predicted molar refractivity (Wildman–Crippen MR) is 81.3 cm³/mol. The molecule has 4 heteroatoms. The summed E-state index contributed by atoms with van der Waals surface area (Å²) in [4.78, 5) is 0. The summed E-state index contributed by atoms with van der Waals surface area (Å²) in [6.45, 7) is 9.38. The fourth-order valence-corrected chi connectivity index (χ4v) is 2.60. The minimum absolute atomic E-state index is 0.194. The summed E-state index contributed by atoms with van der Waals surface area (Å²) in [5, 5.41) is 6.88. The molecule has 0 aromatic heterocycles. The van der Waals surface area contributed by atoms with Crippen LogP contribution in [-0.2, 0) is 6.54 Å². The summed E-state index contributed by atoms with van der Waals surface area (Å²) in [7, 11) is 0. The Labute approximate surface area is 121 Å². The average Bonchev–Trinajstić information content (AvgIpc) is 2.18. The van der Waals surface area contributed by atoms with E-state index in [4.69, 9.17) is 0 Å². The first-order valence-electron chi connectivity index (χ1n) is 5.78. The maximum absolute atomic E-state index is 3.56. The first-order valence-corrected chi connectivity index (χ1v) is 7.37. The normalized spacial score (nSPS) is 11.8. The van der Waals surface area contributed by atoms with Gasteiger partial charge in [-0.25, -0.2) is 0 Å². The molecule has 2 nitrogen and oxygen atoms in total. The highest BCUT2D eigenvalue weighted by atomic mass is 79.9. The number of nitrogens with one attached hydrogen (secondary N) is 2. The van der Waals surface area contributed by atoms with Crippen LogP contribution >= 0.6 is 31.9 Å². The minimum Gasteiger partial charge on any atom is -0.311 e. The summed E-state index contributed by atoms with van der Waals surface area (Å²) in [6, 6.07) is 6.26. The van der Waals surface area contributed by atoms with Gasteiger partial charge in [0, 0.05) is 34.1 Å². The van der Waals surface area contributed by atoms with Gasteiger partial charge in [-0.1, -0.05) is 37.9 Å². The van der Waals surface area contributed by atoms with Gasteiger partial charge in [0.15, 0.2) is 0 Å². The molecule has 0 saturated carbocycles. The molecule has 0 saturated heterocycles. The molecule has 17 heavy (non-hydrogen) atoms. The van der Waals surface area contributed by atoms with Crippen molar-refractivity contribution in [1.82, 2.24) is 10.6 Å². The fourth-order valence-electron chi connectivity index (χ4n) is 1.41. The van der Waals surface area contributed by atoms with Crippen molar-refractivity contribution in [1.29, 1.82) is 0 Å². The third kappa shape index (κ3) is 6.55. The van der Waals surface area contributed by atoms with Gasteiger partial charge in [-0.2, -0.15) is 0 Å². The Bertz CT molecular complexity index is 359. The number of benzene rings is 1. The van der Waals surface area contributed by atoms with E-state index in [1.165, 1.54) is 5.56 Å². The zero-order valence-electron chi connectivity index (χ0n) is 10.6. The molecule has 0 spiro atoms. The second-order valence-corrected chi connectivity index (χ2v) is 6.86. The molecule has 0 aliphatic heterocycles. The zero-order chi connectivity index (χ0) is 12.9. The average molecular weight is 364 g/mol. The van der Waals surface area contributed by atoms with E-state index in [0.29, 0.717) is 0 Å². The van der Waals surface area contributed by atoms with Gasteiger partial charge in [-0.3, -0.25) is 0 Å². The molecular weight excluding hydrogens is 344 g/mol. The maximum Gasteiger partial charge on any atom is 0.0231 e. The van der Waals surface area contributed by atoms with Gasteiger partial charge in [0.2, 0.25) is 0 Å². The van der Waals surface area contributed by atoms with E-state index in [1.807, 2.05) is 0 Å². The van der Waals surface area contributed by atoms with Crippen molar-refractivity contribution in [3.63, 3.8) is 0 Å². The lowest BCUT2D eigenvalue weighted by Gasteiger charge is -2.20. The van der Waals surface area contributed by atoms with E-state index in [-0.39, 0.29) is 5.54 Å². The van der Waals surface area contributed by atoms with Crippen LogP contribution in [0, 0.1) is 0 Å². The molecule has 0 atom stereocenters. The lowest BCUT2D eigenvalue weighted by atomic mass is 10.1. The van der Waals surface area contributed by atoms with Crippen molar-refractivity contribution in [3.8, 4) is 0 Å².